The van der Waals surface area contributed by atoms with Crippen molar-refractivity contribution in [3.8, 4) is 5.75 Å². The quantitative estimate of drug-likeness (QED) is 0.899. The highest BCUT2D eigenvalue weighted by atomic mass is 79.9. The van der Waals surface area contributed by atoms with E-state index in [0.29, 0.717) is 0 Å². The molecule has 1 aromatic rings. The van der Waals surface area contributed by atoms with Crippen LogP contribution in [0.25, 0.3) is 0 Å². The third kappa shape index (κ3) is 4.14. The van der Waals surface area contributed by atoms with Crippen LogP contribution in [0.4, 0.5) is 0 Å². The molecule has 0 amide bonds. The monoisotopic (exact) mass is 285 g/mol. The molecule has 0 aliphatic rings. The van der Waals surface area contributed by atoms with Gasteiger partial charge in [-0.15, -0.1) is 0 Å². The predicted octanol–water partition coefficient (Wildman–Crippen LogP) is 3.52. The lowest BCUT2D eigenvalue weighted by Crippen LogP contribution is -2.17. The molecule has 0 heterocycles. The molecule has 0 fully saturated rings. The van der Waals surface area contributed by atoms with E-state index in [1.165, 1.54) is 5.56 Å². The van der Waals surface area contributed by atoms with E-state index < -0.39 is 0 Å². The molecule has 3 heteroatoms. The van der Waals surface area contributed by atoms with Gasteiger partial charge in [0.15, 0.2) is 0 Å². The fraction of sp³-hybridized carbons (Fsp3) is 0.538. The summed E-state index contributed by atoms with van der Waals surface area (Å²) in [5.74, 6) is 0.905. The van der Waals surface area contributed by atoms with Gasteiger partial charge in [-0.3, -0.25) is 0 Å². The maximum absolute atomic E-state index is 5.78. The van der Waals surface area contributed by atoms with Gasteiger partial charge in [0, 0.05) is 6.04 Å². The fourth-order valence-electron chi connectivity index (χ4n) is 1.44. The number of benzene rings is 1. The first-order chi connectivity index (χ1) is 7.52. The van der Waals surface area contributed by atoms with E-state index in [-0.39, 0.29) is 12.1 Å². The minimum atomic E-state index is 0.188. The van der Waals surface area contributed by atoms with Gasteiger partial charge >= 0.3 is 0 Å². The molecule has 0 radical (unpaired) electrons. The first-order valence-corrected chi connectivity index (χ1v) is 6.53. The van der Waals surface area contributed by atoms with Gasteiger partial charge in [-0.25, -0.2) is 0 Å². The molecular weight excluding hydrogens is 266 g/mol. The summed E-state index contributed by atoms with van der Waals surface area (Å²) in [6, 6.07) is 6.36. The maximum atomic E-state index is 5.78. The SMILES string of the molecule is CCC(C)Oc1ccc(CC(C)N)cc1Br. The number of nitrogens with two attached hydrogens (primary N) is 1. The van der Waals surface area contributed by atoms with E-state index in [1.54, 1.807) is 0 Å². The topological polar surface area (TPSA) is 35.2 Å². The van der Waals surface area contributed by atoms with Gasteiger partial charge in [-0.1, -0.05) is 13.0 Å². The van der Waals surface area contributed by atoms with Crippen LogP contribution in [0.3, 0.4) is 0 Å². The maximum Gasteiger partial charge on any atom is 0.133 e. The summed E-state index contributed by atoms with van der Waals surface area (Å²) in [5.41, 5.74) is 7.00. The van der Waals surface area contributed by atoms with Crippen LogP contribution in [0.15, 0.2) is 22.7 Å². The molecule has 2 N–H and O–H groups in total. The Hall–Kier alpha value is -0.540. The highest BCUT2D eigenvalue weighted by Crippen LogP contribution is 2.27. The summed E-state index contributed by atoms with van der Waals surface area (Å²) in [6.45, 7) is 6.20. The minimum absolute atomic E-state index is 0.188. The zero-order chi connectivity index (χ0) is 12.1. The minimum Gasteiger partial charge on any atom is -0.490 e. The van der Waals surface area contributed by atoms with Crippen LogP contribution in [-0.2, 0) is 6.42 Å². The molecule has 16 heavy (non-hydrogen) atoms. The van der Waals surface area contributed by atoms with E-state index in [9.17, 15) is 0 Å². The summed E-state index contributed by atoms with van der Waals surface area (Å²) in [5, 5.41) is 0. The lowest BCUT2D eigenvalue weighted by molar-refractivity contribution is 0.216. The van der Waals surface area contributed by atoms with E-state index in [1.807, 2.05) is 13.0 Å². The highest BCUT2D eigenvalue weighted by Gasteiger charge is 2.07. The van der Waals surface area contributed by atoms with Gasteiger partial charge in [-0.05, 0) is 60.3 Å². The van der Waals surface area contributed by atoms with Gasteiger partial charge in [-0.2, -0.15) is 0 Å². The van der Waals surface area contributed by atoms with Crippen molar-refractivity contribution in [3.63, 3.8) is 0 Å². The molecule has 0 spiro atoms. The molecular formula is C13H20BrNO. The van der Waals surface area contributed by atoms with Gasteiger partial charge in [0.2, 0.25) is 0 Å². The number of hydrogen-bond acceptors (Lipinski definition) is 2. The molecule has 0 saturated heterocycles. The van der Waals surface area contributed by atoms with Crippen LogP contribution in [0.5, 0.6) is 5.75 Å². The van der Waals surface area contributed by atoms with Crippen molar-refractivity contribution in [2.24, 2.45) is 5.73 Å². The number of hydrogen-bond donors (Lipinski definition) is 1. The van der Waals surface area contributed by atoms with E-state index in [0.717, 1.165) is 23.1 Å². The molecule has 0 saturated carbocycles. The molecule has 2 nitrogen and oxygen atoms in total. The summed E-state index contributed by atoms with van der Waals surface area (Å²) in [7, 11) is 0. The molecule has 2 atom stereocenters. The molecule has 0 aromatic heterocycles. The van der Waals surface area contributed by atoms with Gasteiger partial charge in [0.25, 0.3) is 0 Å². The van der Waals surface area contributed by atoms with Crippen molar-refractivity contribution < 1.29 is 4.74 Å². The Labute approximate surface area is 106 Å². The van der Waals surface area contributed by atoms with Gasteiger partial charge in [0.1, 0.15) is 5.75 Å². The summed E-state index contributed by atoms with van der Waals surface area (Å²) in [6.07, 6.45) is 2.14. The fourth-order valence-corrected chi connectivity index (χ4v) is 1.96. The van der Waals surface area contributed by atoms with Crippen molar-refractivity contribution in [2.75, 3.05) is 0 Å². The van der Waals surface area contributed by atoms with Crippen molar-refractivity contribution >= 4 is 15.9 Å². The Balaban J connectivity index is 2.75. The van der Waals surface area contributed by atoms with Crippen molar-refractivity contribution in [1.29, 1.82) is 0 Å². The van der Waals surface area contributed by atoms with E-state index in [2.05, 4.69) is 41.9 Å². The Kier molecular flexibility index (Phi) is 5.29. The Morgan fingerprint density at radius 3 is 2.56 bits per heavy atom. The van der Waals surface area contributed by atoms with Crippen LogP contribution < -0.4 is 10.5 Å². The first kappa shape index (κ1) is 13.5. The average molecular weight is 286 g/mol. The summed E-state index contributed by atoms with van der Waals surface area (Å²) in [4.78, 5) is 0. The predicted molar refractivity (Wildman–Crippen MR) is 71.9 cm³/mol. The van der Waals surface area contributed by atoms with Crippen LogP contribution in [0.1, 0.15) is 32.8 Å². The molecule has 1 rings (SSSR count). The average Bonchev–Trinajstić information content (AvgIpc) is 2.21. The number of ether oxygens (including phenoxy) is 1. The second-order valence-corrected chi connectivity index (χ2v) is 5.14. The van der Waals surface area contributed by atoms with Crippen LogP contribution >= 0.6 is 15.9 Å². The summed E-state index contributed by atoms with van der Waals surface area (Å²) >= 11 is 3.53. The third-order valence-electron chi connectivity index (χ3n) is 2.46. The number of rotatable bonds is 5. The lowest BCUT2D eigenvalue weighted by Gasteiger charge is -2.15. The van der Waals surface area contributed by atoms with Crippen LogP contribution in [-0.4, -0.2) is 12.1 Å². The largest absolute Gasteiger partial charge is 0.490 e. The zero-order valence-corrected chi connectivity index (χ0v) is 11.8. The van der Waals surface area contributed by atoms with E-state index in [4.69, 9.17) is 10.5 Å². The molecule has 90 valence electrons. The van der Waals surface area contributed by atoms with Crippen LogP contribution in [0, 0.1) is 0 Å². The van der Waals surface area contributed by atoms with Crippen LogP contribution in [0.2, 0.25) is 0 Å². The summed E-state index contributed by atoms with van der Waals surface area (Å²) < 4.78 is 6.78. The molecule has 1 aromatic carbocycles. The second-order valence-electron chi connectivity index (χ2n) is 4.28. The molecule has 0 aliphatic carbocycles. The Morgan fingerprint density at radius 2 is 2.06 bits per heavy atom. The first-order valence-electron chi connectivity index (χ1n) is 5.73. The lowest BCUT2D eigenvalue weighted by atomic mass is 10.1. The Morgan fingerprint density at radius 1 is 1.38 bits per heavy atom. The second kappa shape index (κ2) is 6.26. The standard InChI is InChI=1S/C13H20BrNO/c1-4-10(3)16-13-6-5-11(7-9(2)15)8-12(13)14/h5-6,8-10H,4,7,15H2,1-3H3. The highest BCUT2D eigenvalue weighted by molar-refractivity contribution is 9.10. The van der Waals surface area contributed by atoms with Gasteiger partial charge in [0.05, 0.1) is 10.6 Å². The molecule has 0 bridgehead atoms. The van der Waals surface area contributed by atoms with Crippen molar-refractivity contribution in [3.05, 3.63) is 28.2 Å². The smallest absolute Gasteiger partial charge is 0.133 e. The molecule has 0 aliphatic heterocycles. The Bertz CT molecular complexity index is 339. The molecule has 2 unspecified atom stereocenters. The van der Waals surface area contributed by atoms with Gasteiger partial charge < -0.3 is 10.5 Å². The van der Waals surface area contributed by atoms with Crippen molar-refractivity contribution in [1.82, 2.24) is 0 Å². The normalized spacial score (nSPS) is 14.6. The number of halogens is 1. The van der Waals surface area contributed by atoms with Crippen molar-refractivity contribution in [2.45, 2.75) is 45.8 Å². The third-order valence-corrected chi connectivity index (χ3v) is 3.08. The van der Waals surface area contributed by atoms with E-state index >= 15 is 0 Å². The zero-order valence-electron chi connectivity index (χ0n) is 10.2.